The molecule has 1 unspecified atom stereocenters. The predicted octanol–water partition coefficient (Wildman–Crippen LogP) is 2.53. The number of aromatic nitrogens is 5. The van der Waals surface area contributed by atoms with Gasteiger partial charge in [0.25, 0.3) is 0 Å². The number of hydrogen-bond donors (Lipinski definition) is 1. The summed E-state index contributed by atoms with van der Waals surface area (Å²) in [7, 11) is 0. The summed E-state index contributed by atoms with van der Waals surface area (Å²) in [5, 5.41) is 7.20. The molecule has 0 aliphatic carbocycles. The van der Waals surface area contributed by atoms with E-state index in [-0.39, 0.29) is 11.8 Å². The van der Waals surface area contributed by atoms with Gasteiger partial charge in [0.1, 0.15) is 24.8 Å². The molecule has 1 saturated heterocycles. The Morgan fingerprint density at radius 3 is 2.79 bits per heavy atom. The zero-order valence-electron chi connectivity index (χ0n) is 16.0. The molecule has 1 N–H and O–H groups in total. The third-order valence-electron chi connectivity index (χ3n) is 5.05. The maximum Gasteiger partial charge on any atom is 0.229 e. The second-order valence-electron chi connectivity index (χ2n) is 7.17. The minimum Gasteiger partial charge on any atom is -0.356 e. The third kappa shape index (κ3) is 3.85. The molecule has 0 bridgehead atoms. The molecule has 1 fully saturated rings. The molecule has 1 aliphatic heterocycles. The van der Waals surface area contributed by atoms with E-state index < -0.39 is 0 Å². The van der Waals surface area contributed by atoms with E-state index in [4.69, 9.17) is 0 Å². The van der Waals surface area contributed by atoms with Gasteiger partial charge in [0, 0.05) is 24.8 Å². The van der Waals surface area contributed by atoms with Gasteiger partial charge in [-0.25, -0.2) is 19.6 Å². The zero-order valence-corrected chi connectivity index (χ0v) is 16.0. The Kier molecular flexibility index (Phi) is 5.01. The fourth-order valence-electron chi connectivity index (χ4n) is 3.55. The van der Waals surface area contributed by atoms with Crippen molar-refractivity contribution in [3.8, 4) is 5.82 Å². The number of aryl methyl sites for hydroxylation is 2. The van der Waals surface area contributed by atoms with Gasteiger partial charge < -0.3 is 10.2 Å². The van der Waals surface area contributed by atoms with Gasteiger partial charge >= 0.3 is 0 Å². The number of carbonyl (C=O) groups excluding carboxylic acids is 1. The lowest BCUT2D eigenvalue weighted by atomic mass is 9.96. The van der Waals surface area contributed by atoms with Gasteiger partial charge in [0.2, 0.25) is 5.91 Å². The van der Waals surface area contributed by atoms with Gasteiger partial charge in [-0.3, -0.25) is 4.79 Å². The molecule has 0 saturated carbocycles. The highest BCUT2D eigenvalue weighted by Gasteiger charge is 2.27. The van der Waals surface area contributed by atoms with Crippen LogP contribution in [-0.4, -0.2) is 43.7 Å². The first-order chi connectivity index (χ1) is 13.6. The molecule has 3 heterocycles. The highest BCUT2D eigenvalue weighted by atomic mass is 16.1. The van der Waals surface area contributed by atoms with Crippen molar-refractivity contribution in [1.29, 1.82) is 0 Å². The summed E-state index contributed by atoms with van der Waals surface area (Å²) in [4.78, 5) is 27.6. The molecular formula is C20H23N7O. The van der Waals surface area contributed by atoms with Crippen LogP contribution in [0.25, 0.3) is 5.82 Å². The number of nitrogens with zero attached hydrogens (tertiary/aromatic N) is 6. The summed E-state index contributed by atoms with van der Waals surface area (Å²) in [6, 6.07) is 7.94. The molecule has 3 aromatic rings. The van der Waals surface area contributed by atoms with Crippen molar-refractivity contribution < 1.29 is 4.79 Å². The Labute approximate surface area is 163 Å². The van der Waals surface area contributed by atoms with Gasteiger partial charge in [-0.05, 0) is 38.3 Å². The van der Waals surface area contributed by atoms with Crippen LogP contribution in [0, 0.1) is 19.8 Å². The third-order valence-corrected chi connectivity index (χ3v) is 5.05. The molecule has 4 rings (SSSR count). The number of carbonyl (C=O) groups is 1. The Morgan fingerprint density at radius 1 is 1.14 bits per heavy atom. The molecule has 8 nitrogen and oxygen atoms in total. The standard InChI is InChI=1S/C20H23N7O/c1-14-5-6-17(15(2)8-14)25-20(28)16-4-3-7-26(10-16)18-9-19(23-12-22-18)27-13-21-11-24-27/h5-6,8-9,11-13,16H,3-4,7,10H2,1-2H3,(H,25,28). The summed E-state index contributed by atoms with van der Waals surface area (Å²) in [6.45, 7) is 5.56. The molecule has 0 radical (unpaired) electrons. The minimum atomic E-state index is -0.0840. The second kappa shape index (κ2) is 7.75. The lowest BCUT2D eigenvalue weighted by Gasteiger charge is -2.33. The van der Waals surface area contributed by atoms with E-state index in [0.29, 0.717) is 12.4 Å². The van der Waals surface area contributed by atoms with Crippen molar-refractivity contribution in [1.82, 2.24) is 24.7 Å². The van der Waals surface area contributed by atoms with Crippen LogP contribution >= 0.6 is 0 Å². The Bertz CT molecular complexity index is 970. The molecule has 28 heavy (non-hydrogen) atoms. The normalized spacial score (nSPS) is 16.8. The first kappa shape index (κ1) is 18.1. The van der Waals surface area contributed by atoms with Crippen molar-refractivity contribution in [2.45, 2.75) is 26.7 Å². The number of nitrogens with one attached hydrogen (secondary N) is 1. The number of piperidine rings is 1. The number of amides is 1. The summed E-state index contributed by atoms with van der Waals surface area (Å²) < 4.78 is 1.60. The highest BCUT2D eigenvalue weighted by Crippen LogP contribution is 2.24. The molecule has 144 valence electrons. The summed E-state index contributed by atoms with van der Waals surface area (Å²) in [6.07, 6.45) is 6.40. The minimum absolute atomic E-state index is 0.0576. The molecular weight excluding hydrogens is 354 g/mol. The van der Waals surface area contributed by atoms with E-state index in [1.165, 1.54) is 18.2 Å². The Morgan fingerprint density at radius 2 is 2.00 bits per heavy atom. The van der Waals surface area contributed by atoms with Crippen molar-refractivity contribution >= 4 is 17.4 Å². The van der Waals surface area contributed by atoms with Gasteiger partial charge in [0.15, 0.2) is 5.82 Å². The van der Waals surface area contributed by atoms with Crippen LogP contribution in [0.4, 0.5) is 11.5 Å². The lowest BCUT2D eigenvalue weighted by molar-refractivity contribution is -0.120. The van der Waals surface area contributed by atoms with Crippen LogP contribution in [0.2, 0.25) is 0 Å². The summed E-state index contributed by atoms with van der Waals surface area (Å²) in [5.74, 6) is 1.43. The van der Waals surface area contributed by atoms with Crippen molar-refractivity contribution in [3.63, 3.8) is 0 Å². The van der Waals surface area contributed by atoms with Crippen molar-refractivity contribution in [2.24, 2.45) is 5.92 Å². The van der Waals surface area contributed by atoms with Crippen LogP contribution in [0.3, 0.4) is 0 Å². The van der Waals surface area contributed by atoms with Crippen molar-refractivity contribution in [3.05, 3.63) is 54.4 Å². The van der Waals surface area contributed by atoms with E-state index in [9.17, 15) is 4.79 Å². The highest BCUT2D eigenvalue weighted by molar-refractivity contribution is 5.93. The summed E-state index contributed by atoms with van der Waals surface area (Å²) >= 11 is 0. The SMILES string of the molecule is Cc1ccc(NC(=O)C2CCCN(c3cc(-n4cncn4)ncn3)C2)c(C)c1. The van der Waals surface area contributed by atoms with E-state index >= 15 is 0 Å². The smallest absolute Gasteiger partial charge is 0.229 e. The number of rotatable bonds is 4. The number of anilines is 2. The van der Waals surface area contributed by atoms with Crippen LogP contribution in [0.1, 0.15) is 24.0 Å². The molecule has 1 amide bonds. The largest absolute Gasteiger partial charge is 0.356 e. The average molecular weight is 377 g/mol. The molecule has 8 heteroatoms. The number of benzene rings is 1. The second-order valence-corrected chi connectivity index (χ2v) is 7.17. The quantitative estimate of drug-likeness (QED) is 0.752. The van der Waals surface area contributed by atoms with Gasteiger partial charge in [-0.2, -0.15) is 5.10 Å². The molecule has 1 atom stereocenters. The zero-order chi connectivity index (χ0) is 19.5. The molecule has 1 aromatic carbocycles. The first-order valence-electron chi connectivity index (χ1n) is 9.40. The van der Waals surface area contributed by atoms with Crippen LogP contribution in [0.5, 0.6) is 0 Å². The maximum atomic E-state index is 12.8. The number of hydrogen-bond acceptors (Lipinski definition) is 6. The monoisotopic (exact) mass is 377 g/mol. The van der Waals surface area contributed by atoms with E-state index in [1.807, 2.05) is 32.0 Å². The van der Waals surface area contributed by atoms with Gasteiger partial charge in [0.05, 0.1) is 5.92 Å². The predicted molar refractivity (Wildman–Crippen MR) is 106 cm³/mol. The van der Waals surface area contributed by atoms with Crippen molar-refractivity contribution in [2.75, 3.05) is 23.3 Å². The fraction of sp³-hybridized carbons (Fsp3) is 0.350. The first-order valence-corrected chi connectivity index (χ1v) is 9.40. The lowest BCUT2D eigenvalue weighted by Crippen LogP contribution is -2.41. The Hall–Kier alpha value is -3.29. The maximum absolute atomic E-state index is 12.8. The Balaban J connectivity index is 1.47. The fourth-order valence-corrected chi connectivity index (χ4v) is 3.55. The molecule has 1 aliphatic rings. The topological polar surface area (TPSA) is 88.8 Å². The van der Waals surface area contributed by atoms with Gasteiger partial charge in [-0.15, -0.1) is 0 Å². The summed E-state index contributed by atoms with van der Waals surface area (Å²) in [5.41, 5.74) is 3.14. The van der Waals surface area contributed by atoms with Crippen LogP contribution in [0.15, 0.2) is 43.2 Å². The van der Waals surface area contributed by atoms with Crippen LogP contribution < -0.4 is 10.2 Å². The van der Waals surface area contributed by atoms with E-state index in [1.54, 1.807) is 11.0 Å². The van der Waals surface area contributed by atoms with Gasteiger partial charge in [-0.1, -0.05) is 17.7 Å². The molecule has 0 spiro atoms. The average Bonchev–Trinajstić information content (AvgIpc) is 3.25. The molecule has 2 aromatic heterocycles. The van der Waals surface area contributed by atoms with Crippen LogP contribution in [-0.2, 0) is 4.79 Å². The van der Waals surface area contributed by atoms with E-state index in [0.717, 1.165) is 36.5 Å². The van der Waals surface area contributed by atoms with E-state index in [2.05, 4.69) is 36.3 Å².